The van der Waals surface area contributed by atoms with E-state index in [9.17, 15) is 19.2 Å². The number of amides is 3. The van der Waals surface area contributed by atoms with Crippen LogP contribution in [-0.4, -0.2) is 41.2 Å². The van der Waals surface area contributed by atoms with Gasteiger partial charge in [0.15, 0.2) is 0 Å². The lowest BCUT2D eigenvalue weighted by Gasteiger charge is -2.22. The molecular formula is C40H34N4O5S. The molecule has 250 valence electrons. The van der Waals surface area contributed by atoms with Gasteiger partial charge in [-0.2, -0.15) is 0 Å². The molecule has 9 nitrogen and oxygen atoms in total. The van der Waals surface area contributed by atoms with Crippen LogP contribution in [0.2, 0.25) is 0 Å². The number of ketones is 1. The van der Waals surface area contributed by atoms with E-state index in [-0.39, 0.29) is 23.1 Å². The van der Waals surface area contributed by atoms with Crippen LogP contribution in [0.4, 0.5) is 5.69 Å². The van der Waals surface area contributed by atoms with E-state index in [0.29, 0.717) is 34.2 Å². The highest BCUT2D eigenvalue weighted by Crippen LogP contribution is 2.33. The SMILES string of the molecule is CC1=C(NC(=O)CSc2ccc(NC(=O)/C(=C\c3ccc(-c4ccccc4)o3)NC(=O)c3ccccc3)cc2)C(=O)C(c2ccccc2)N1C. The van der Waals surface area contributed by atoms with Crippen LogP contribution in [0.5, 0.6) is 0 Å². The van der Waals surface area contributed by atoms with Gasteiger partial charge in [-0.3, -0.25) is 19.2 Å². The van der Waals surface area contributed by atoms with Crippen molar-refractivity contribution < 1.29 is 23.6 Å². The summed E-state index contributed by atoms with van der Waals surface area (Å²) in [5.74, 6) is -0.337. The predicted molar refractivity (Wildman–Crippen MR) is 195 cm³/mol. The number of carbonyl (C=O) groups excluding carboxylic acids is 4. The molecule has 0 radical (unpaired) electrons. The van der Waals surface area contributed by atoms with Crippen LogP contribution in [-0.2, 0) is 14.4 Å². The number of benzene rings is 4. The van der Waals surface area contributed by atoms with Crippen LogP contribution in [0.3, 0.4) is 0 Å². The molecule has 0 saturated carbocycles. The summed E-state index contributed by atoms with van der Waals surface area (Å²) in [5.41, 5.74) is 3.63. The molecule has 1 atom stereocenters. The fourth-order valence-electron chi connectivity index (χ4n) is 5.45. The summed E-state index contributed by atoms with van der Waals surface area (Å²) in [6, 6.07) is 37.7. The number of nitrogens with one attached hydrogen (secondary N) is 3. The van der Waals surface area contributed by atoms with Gasteiger partial charge in [-0.1, -0.05) is 78.9 Å². The molecule has 1 aliphatic heterocycles. The van der Waals surface area contributed by atoms with E-state index in [2.05, 4.69) is 16.0 Å². The zero-order chi connectivity index (χ0) is 35.0. The average Bonchev–Trinajstić information content (AvgIpc) is 3.70. The standard InChI is InChI=1S/C40H34N4O5S/c1-26-36(38(46)37(44(26)2)28-14-8-4-9-15-28)43-35(45)25-50-32-21-18-30(19-22-32)41-40(48)33(42-39(47)29-16-10-5-11-17-29)24-31-20-23-34(49-31)27-12-6-3-7-13-27/h3-24,37H,25H2,1-2H3,(H,41,48)(H,42,47)(H,43,45)/b33-24+. The number of rotatable bonds is 11. The van der Waals surface area contributed by atoms with Gasteiger partial charge in [-0.25, -0.2) is 0 Å². The van der Waals surface area contributed by atoms with E-state index in [1.165, 1.54) is 17.8 Å². The van der Waals surface area contributed by atoms with Gasteiger partial charge < -0.3 is 25.3 Å². The molecule has 3 amide bonds. The number of likely N-dealkylation sites (N-methyl/N-ethyl adjacent to an activating group) is 1. The first-order valence-corrected chi connectivity index (χ1v) is 16.9. The van der Waals surface area contributed by atoms with Gasteiger partial charge in [0.2, 0.25) is 11.7 Å². The molecule has 6 rings (SSSR count). The number of thioether (sulfide) groups is 1. The Balaban J connectivity index is 1.09. The highest BCUT2D eigenvalue weighted by atomic mass is 32.2. The molecule has 1 unspecified atom stereocenters. The quantitative estimate of drug-likeness (QED) is 0.101. The minimum absolute atomic E-state index is 0.00542. The first-order valence-electron chi connectivity index (χ1n) is 15.9. The van der Waals surface area contributed by atoms with Gasteiger partial charge in [0.25, 0.3) is 11.8 Å². The Morgan fingerprint density at radius 2 is 1.44 bits per heavy atom. The third-order valence-corrected chi connectivity index (χ3v) is 9.15. The lowest BCUT2D eigenvalue weighted by Crippen LogP contribution is -2.30. The summed E-state index contributed by atoms with van der Waals surface area (Å²) in [7, 11) is 1.84. The second kappa shape index (κ2) is 15.4. The normalized spacial score (nSPS) is 14.4. The summed E-state index contributed by atoms with van der Waals surface area (Å²) in [5, 5.41) is 8.36. The highest BCUT2D eigenvalue weighted by molar-refractivity contribution is 8.00. The van der Waals surface area contributed by atoms with Crippen molar-refractivity contribution in [2.75, 3.05) is 18.1 Å². The minimum atomic E-state index is -0.546. The van der Waals surface area contributed by atoms with Crippen LogP contribution >= 0.6 is 11.8 Å². The minimum Gasteiger partial charge on any atom is -0.457 e. The Hall–Kier alpha value is -6.13. The molecule has 0 bridgehead atoms. The second-order valence-corrected chi connectivity index (χ2v) is 12.6. The number of Topliss-reactive ketones (excluding diaryl/α,β-unsaturated/α-hetero) is 1. The summed E-state index contributed by atoms with van der Waals surface area (Å²) in [6.07, 6.45) is 1.48. The van der Waals surface area contributed by atoms with Crippen LogP contribution < -0.4 is 16.0 Å². The molecule has 1 aromatic heterocycles. The zero-order valence-corrected chi connectivity index (χ0v) is 28.2. The van der Waals surface area contributed by atoms with E-state index in [1.807, 2.05) is 79.5 Å². The van der Waals surface area contributed by atoms with Gasteiger partial charge in [0, 0.05) is 40.5 Å². The summed E-state index contributed by atoms with van der Waals surface area (Å²) >= 11 is 1.30. The van der Waals surface area contributed by atoms with Gasteiger partial charge in [0.05, 0.1) is 5.75 Å². The smallest absolute Gasteiger partial charge is 0.272 e. The second-order valence-electron chi connectivity index (χ2n) is 11.5. The molecule has 1 aliphatic rings. The summed E-state index contributed by atoms with van der Waals surface area (Å²) in [4.78, 5) is 55.3. The largest absolute Gasteiger partial charge is 0.457 e. The first-order chi connectivity index (χ1) is 24.3. The van der Waals surface area contributed by atoms with Crippen LogP contribution in [0.1, 0.15) is 34.6 Å². The molecule has 10 heteroatoms. The predicted octanol–water partition coefficient (Wildman–Crippen LogP) is 7.05. The van der Waals surface area contributed by atoms with Gasteiger partial charge in [-0.15, -0.1) is 11.8 Å². The lowest BCUT2D eigenvalue weighted by atomic mass is 10.0. The molecule has 0 spiro atoms. The van der Waals surface area contributed by atoms with Crippen molar-refractivity contribution in [2.24, 2.45) is 0 Å². The molecule has 2 heterocycles. The topological polar surface area (TPSA) is 121 Å². The average molecular weight is 683 g/mol. The maximum Gasteiger partial charge on any atom is 0.272 e. The Kier molecular flexibility index (Phi) is 10.4. The number of allylic oxidation sites excluding steroid dienone is 1. The monoisotopic (exact) mass is 682 g/mol. The third kappa shape index (κ3) is 7.94. The Labute approximate surface area is 294 Å². The van der Waals surface area contributed by atoms with Crippen LogP contribution in [0.15, 0.2) is 154 Å². The zero-order valence-electron chi connectivity index (χ0n) is 27.4. The van der Waals surface area contributed by atoms with Gasteiger partial charge in [0.1, 0.15) is 29.0 Å². The fourth-order valence-corrected chi connectivity index (χ4v) is 6.15. The van der Waals surface area contributed by atoms with Crippen LogP contribution in [0, 0.1) is 0 Å². The number of hydrogen-bond donors (Lipinski definition) is 3. The van der Waals surface area contributed by atoms with Gasteiger partial charge >= 0.3 is 0 Å². The van der Waals surface area contributed by atoms with E-state index < -0.39 is 17.9 Å². The number of carbonyl (C=O) groups is 4. The fraction of sp³-hybridized carbons (Fsp3) is 0.100. The van der Waals surface area contributed by atoms with Crippen molar-refractivity contribution in [3.05, 3.63) is 161 Å². The molecular weight excluding hydrogens is 649 g/mol. The van der Waals surface area contributed by atoms with Crippen molar-refractivity contribution in [3.8, 4) is 11.3 Å². The third-order valence-electron chi connectivity index (χ3n) is 8.14. The van der Waals surface area contributed by atoms with E-state index in [0.717, 1.165) is 16.0 Å². The molecule has 0 saturated heterocycles. The number of hydrogen-bond acceptors (Lipinski definition) is 7. The van der Waals surface area contributed by atoms with Crippen molar-refractivity contribution in [1.29, 1.82) is 0 Å². The van der Waals surface area contributed by atoms with Crippen molar-refractivity contribution in [3.63, 3.8) is 0 Å². The van der Waals surface area contributed by atoms with E-state index in [4.69, 9.17) is 4.42 Å². The van der Waals surface area contributed by atoms with Gasteiger partial charge in [-0.05, 0) is 61.0 Å². The van der Waals surface area contributed by atoms with Crippen LogP contribution in [0.25, 0.3) is 17.4 Å². The summed E-state index contributed by atoms with van der Waals surface area (Å²) in [6.45, 7) is 1.82. The Bertz CT molecular complexity index is 2070. The Morgan fingerprint density at radius 3 is 2.12 bits per heavy atom. The number of nitrogens with zero attached hydrogens (tertiary/aromatic N) is 1. The highest BCUT2D eigenvalue weighted by Gasteiger charge is 2.37. The van der Waals surface area contributed by atoms with E-state index in [1.54, 1.807) is 66.7 Å². The number of furan rings is 1. The van der Waals surface area contributed by atoms with Crippen molar-refractivity contribution in [1.82, 2.24) is 15.5 Å². The molecule has 50 heavy (non-hydrogen) atoms. The molecule has 4 aromatic carbocycles. The van der Waals surface area contributed by atoms with E-state index >= 15 is 0 Å². The Morgan fingerprint density at radius 1 is 0.800 bits per heavy atom. The van der Waals surface area contributed by atoms with Crippen molar-refractivity contribution in [2.45, 2.75) is 17.9 Å². The first kappa shape index (κ1) is 33.8. The van der Waals surface area contributed by atoms with Crippen molar-refractivity contribution >= 4 is 47.0 Å². The molecule has 0 aliphatic carbocycles. The molecule has 3 N–H and O–H groups in total. The molecule has 0 fully saturated rings. The summed E-state index contributed by atoms with van der Waals surface area (Å²) < 4.78 is 5.97. The maximum absolute atomic E-state index is 13.5. The molecule has 5 aromatic rings. The number of anilines is 1. The lowest BCUT2D eigenvalue weighted by molar-refractivity contribution is -0.122. The maximum atomic E-state index is 13.5.